The summed E-state index contributed by atoms with van der Waals surface area (Å²) in [6.07, 6.45) is 1.46. The van der Waals surface area contributed by atoms with Crippen LogP contribution < -0.4 is 10.3 Å². The summed E-state index contributed by atoms with van der Waals surface area (Å²) in [6.45, 7) is 1.72. The number of aromatic nitrogens is 1. The highest BCUT2D eigenvalue weighted by Crippen LogP contribution is 2.30. The topological polar surface area (TPSA) is 79.0 Å². The molecule has 2 N–H and O–H groups in total. The van der Waals surface area contributed by atoms with Crippen LogP contribution in [0.5, 0.6) is 0 Å². The number of fused-ring (bicyclic) bond motifs is 1. The van der Waals surface area contributed by atoms with Gasteiger partial charge in [-0.25, -0.2) is 8.42 Å². The number of nitrogens with one attached hydrogen (secondary N) is 2. The maximum atomic E-state index is 11.9. The van der Waals surface area contributed by atoms with Gasteiger partial charge >= 0.3 is 0 Å². The molecule has 0 amide bonds. The highest BCUT2D eigenvalue weighted by Gasteiger charge is 2.35. The van der Waals surface area contributed by atoms with Crippen molar-refractivity contribution in [2.45, 2.75) is 25.0 Å². The summed E-state index contributed by atoms with van der Waals surface area (Å²) in [5.74, 6) is 0. The van der Waals surface area contributed by atoms with E-state index in [2.05, 4.69) is 9.71 Å². The van der Waals surface area contributed by atoms with Gasteiger partial charge in [-0.2, -0.15) is 0 Å². The number of hydrogen-bond acceptors (Lipinski definition) is 3. The van der Waals surface area contributed by atoms with Crippen molar-refractivity contribution in [3.05, 3.63) is 40.2 Å². The maximum Gasteiger partial charge on any atom is 0.251 e. The summed E-state index contributed by atoms with van der Waals surface area (Å²) in [6, 6.07) is 6.86. The second-order valence-electron chi connectivity index (χ2n) is 4.93. The van der Waals surface area contributed by atoms with Crippen molar-refractivity contribution < 1.29 is 8.42 Å². The van der Waals surface area contributed by atoms with Gasteiger partial charge in [0.05, 0.1) is 5.25 Å². The van der Waals surface area contributed by atoms with E-state index in [0.29, 0.717) is 16.8 Å². The van der Waals surface area contributed by atoms with Crippen LogP contribution in [0.3, 0.4) is 0 Å². The van der Waals surface area contributed by atoms with E-state index in [1.807, 2.05) is 0 Å². The molecule has 1 fully saturated rings. The van der Waals surface area contributed by atoms with Gasteiger partial charge in [-0.1, -0.05) is 0 Å². The normalized spacial score (nSPS) is 15.6. The predicted octanol–water partition coefficient (Wildman–Crippen LogP) is 1.74. The number of sulfonamides is 1. The lowest BCUT2D eigenvalue weighted by molar-refractivity contribution is 0.600. The molecule has 5 nitrogen and oxygen atoms in total. The standard InChI is InChI=1S/C13H14N2O3S/c1-8-6-9-7-10(2-5-12(9)14-13(8)16)15-19(17,18)11-3-4-11/h2,5-7,11,15H,3-4H2,1H3,(H,14,16). The van der Waals surface area contributed by atoms with E-state index in [1.54, 1.807) is 31.2 Å². The van der Waals surface area contributed by atoms with Gasteiger partial charge < -0.3 is 4.98 Å². The molecule has 1 saturated carbocycles. The molecule has 0 bridgehead atoms. The summed E-state index contributed by atoms with van der Waals surface area (Å²) in [7, 11) is -3.25. The van der Waals surface area contributed by atoms with Crippen LogP contribution in [0.2, 0.25) is 0 Å². The van der Waals surface area contributed by atoms with E-state index in [-0.39, 0.29) is 10.8 Å². The van der Waals surface area contributed by atoms with Crippen LogP contribution in [0.4, 0.5) is 5.69 Å². The first-order chi connectivity index (χ1) is 8.95. The molecule has 0 radical (unpaired) electrons. The van der Waals surface area contributed by atoms with Crippen LogP contribution in [-0.4, -0.2) is 18.7 Å². The molecule has 1 aliphatic rings. The molecule has 0 atom stereocenters. The van der Waals surface area contributed by atoms with Crippen molar-refractivity contribution in [3.8, 4) is 0 Å². The third-order valence-electron chi connectivity index (χ3n) is 3.25. The zero-order valence-electron chi connectivity index (χ0n) is 10.4. The molecule has 100 valence electrons. The van der Waals surface area contributed by atoms with Crippen molar-refractivity contribution in [1.82, 2.24) is 4.98 Å². The molecule has 1 aromatic heterocycles. The summed E-state index contributed by atoms with van der Waals surface area (Å²) in [5, 5.41) is 0.564. The Hall–Kier alpha value is -1.82. The van der Waals surface area contributed by atoms with Gasteiger partial charge in [0.1, 0.15) is 0 Å². The Bertz CT molecular complexity index is 804. The molecule has 19 heavy (non-hydrogen) atoms. The van der Waals surface area contributed by atoms with Crippen molar-refractivity contribution in [2.24, 2.45) is 0 Å². The van der Waals surface area contributed by atoms with Gasteiger partial charge in [0, 0.05) is 22.2 Å². The Labute approximate surface area is 110 Å². The Morgan fingerprint density at radius 3 is 2.68 bits per heavy atom. The van der Waals surface area contributed by atoms with Crippen molar-refractivity contribution in [2.75, 3.05) is 4.72 Å². The monoisotopic (exact) mass is 278 g/mol. The molecular formula is C13H14N2O3S. The minimum Gasteiger partial charge on any atom is -0.322 e. The first-order valence-corrected chi connectivity index (χ1v) is 7.66. The first kappa shape index (κ1) is 12.2. The Morgan fingerprint density at radius 2 is 2.00 bits per heavy atom. The van der Waals surface area contributed by atoms with Crippen LogP contribution in [0.15, 0.2) is 29.1 Å². The number of hydrogen-bond donors (Lipinski definition) is 2. The summed E-state index contributed by atoms with van der Waals surface area (Å²) < 4.78 is 26.3. The molecule has 0 saturated heterocycles. The first-order valence-electron chi connectivity index (χ1n) is 6.11. The lowest BCUT2D eigenvalue weighted by atomic mass is 10.1. The van der Waals surface area contributed by atoms with Crippen molar-refractivity contribution in [3.63, 3.8) is 0 Å². The number of benzene rings is 1. The van der Waals surface area contributed by atoms with Crippen LogP contribution in [-0.2, 0) is 10.0 Å². The van der Waals surface area contributed by atoms with Gasteiger partial charge in [0.25, 0.3) is 5.56 Å². The fourth-order valence-corrected chi connectivity index (χ4v) is 3.38. The largest absolute Gasteiger partial charge is 0.322 e. The number of H-pyrrole nitrogens is 1. The van der Waals surface area contributed by atoms with Crippen molar-refractivity contribution in [1.29, 1.82) is 0 Å². The van der Waals surface area contributed by atoms with Crippen LogP contribution in [0.1, 0.15) is 18.4 Å². The molecule has 0 unspecified atom stereocenters. The van der Waals surface area contributed by atoms with Crippen LogP contribution in [0, 0.1) is 6.92 Å². The number of aryl methyl sites for hydroxylation is 1. The van der Waals surface area contributed by atoms with Gasteiger partial charge in [-0.05, 0) is 44.0 Å². The minimum absolute atomic E-state index is 0.126. The highest BCUT2D eigenvalue weighted by atomic mass is 32.2. The van der Waals surface area contributed by atoms with E-state index in [0.717, 1.165) is 18.2 Å². The zero-order chi connectivity index (χ0) is 13.6. The van der Waals surface area contributed by atoms with E-state index in [1.165, 1.54) is 0 Å². The minimum atomic E-state index is -3.25. The van der Waals surface area contributed by atoms with Gasteiger partial charge in [-0.15, -0.1) is 0 Å². The molecule has 2 aromatic rings. The SMILES string of the molecule is Cc1cc2cc(NS(=O)(=O)C3CC3)ccc2[nH]c1=O. The maximum absolute atomic E-state index is 11.9. The lowest BCUT2D eigenvalue weighted by Gasteiger charge is -2.08. The van der Waals surface area contributed by atoms with Gasteiger partial charge in [0.2, 0.25) is 10.0 Å². The Balaban J connectivity index is 2.02. The summed E-state index contributed by atoms with van der Waals surface area (Å²) >= 11 is 0. The number of anilines is 1. The number of aromatic amines is 1. The average Bonchev–Trinajstić information content (AvgIpc) is 3.15. The summed E-state index contributed by atoms with van der Waals surface area (Å²) in [4.78, 5) is 14.2. The van der Waals surface area contributed by atoms with E-state index in [4.69, 9.17) is 0 Å². The average molecular weight is 278 g/mol. The second kappa shape index (κ2) is 4.09. The Morgan fingerprint density at radius 1 is 1.26 bits per heavy atom. The quantitative estimate of drug-likeness (QED) is 0.897. The zero-order valence-corrected chi connectivity index (χ0v) is 11.3. The fourth-order valence-electron chi connectivity index (χ4n) is 2.01. The van der Waals surface area contributed by atoms with Gasteiger partial charge in [-0.3, -0.25) is 9.52 Å². The third-order valence-corrected chi connectivity index (χ3v) is 5.12. The molecule has 6 heteroatoms. The third kappa shape index (κ3) is 2.35. The van der Waals surface area contributed by atoms with Crippen molar-refractivity contribution >= 4 is 26.6 Å². The highest BCUT2D eigenvalue weighted by molar-refractivity contribution is 7.93. The second-order valence-corrected chi connectivity index (χ2v) is 6.89. The Kier molecular flexibility index (Phi) is 2.63. The molecule has 1 heterocycles. The van der Waals surface area contributed by atoms with E-state index in [9.17, 15) is 13.2 Å². The van der Waals surface area contributed by atoms with E-state index >= 15 is 0 Å². The molecule has 0 aliphatic heterocycles. The summed E-state index contributed by atoms with van der Waals surface area (Å²) in [5.41, 5.74) is 1.71. The fraction of sp³-hybridized carbons (Fsp3) is 0.308. The molecule has 3 rings (SSSR count). The molecule has 1 aliphatic carbocycles. The number of rotatable bonds is 3. The van der Waals surface area contributed by atoms with Crippen LogP contribution >= 0.6 is 0 Å². The molecular weight excluding hydrogens is 264 g/mol. The number of pyridine rings is 1. The molecule has 1 aromatic carbocycles. The van der Waals surface area contributed by atoms with E-state index < -0.39 is 10.0 Å². The van der Waals surface area contributed by atoms with Gasteiger partial charge in [0.15, 0.2) is 0 Å². The lowest BCUT2D eigenvalue weighted by Crippen LogP contribution is -2.17. The smallest absolute Gasteiger partial charge is 0.251 e. The molecule has 0 spiro atoms. The van der Waals surface area contributed by atoms with Crippen LogP contribution in [0.25, 0.3) is 10.9 Å². The predicted molar refractivity (Wildman–Crippen MR) is 74.9 cm³/mol.